The van der Waals surface area contributed by atoms with Crippen LogP contribution in [0.15, 0.2) is 11.6 Å². The first kappa shape index (κ1) is 11.7. The van der Waals surface area contributed by atoms with Crippen molar-refractivity contribution in [3.8, 4) is 0 Å². The van der Waals surface area contributed by atoms with Gasteiger partial charge in [0.15, 0.2) is 0 Å². The van der Waals surface area contributed by atoms with Crippen LogP contribution in [0.5, 0.6) is 0 Å². The zero-order valence-electron chi connectivity index (χ0n) is 7.90. The van der Waals surface area contributed by atoms with Crippen molar-refractivity contribution in [2.75, 3.05) is 0 Å². The van der Waals surface area contributed by atoms with Crippen molar-refractivity contribution >= 4 is 16.8 Å². The third kappa shape index (κ3) is 6.41. The summed E-state index contributed by atoms with van der Waals surface area (Å²) in [6, 6.07) is 0. The minimum Gasteiger partial charge on any atom is -0.276 e. The van der Waals surface area contributed by atoms with E-state index in [4.69, 9.17) is 11.6 Å². The Bertz CT molecular complexity index is 161. The topological polar surface area (TPSA) is 17.1 Å². The average Bonchev–Trinajstić information content (AvgIpc) is 2.00. The van der Waals surface area contributed by atoms with Crippen molar-refractivity contribution in [1.29, 1.82) is 0 Å². The lowest BCUT2D eigenvalue weighted by atomic mass is 10.0. The molecule has 0 saturated carbocycles. The van der Waals surface area contributed by atoms with E-state index in [1.807, 2.05) is 0 Å². The number of carbonyl (C=O) groups is 1. The van der Waals surface area contributed by atoms with E-state index in [1.54, 1.807) is 6.08 Å². The Morgan fingerprint density at radius 2 is 1.92 bits per heavy atom. The zero-order valence-corrected chi connectivity index (χ0v) is 8.66. The lowest BCUT2D eigenvalue weighted by Gasteiger charge is -2.02. The van der Waals surface area contributed by atoms with Crippen LogP contribution in [-0.4, -0.2) is 5.24 Å². The third-order valence-electron chi connectivity index (χ3n) is 1.74. The Labute approximate surface area is 79.8 Å². The molecule has 0 aliphatic heterocycles. The van der Waals surface area contributed by atoms with Gasteiger partial charge in [-0.2, -0.15) is 0 Å². The van der Waals surface area contributed by atoms with Crippen molar-refractivity contribution < 1.29 is 4.79 Å². The molecule has 0 saturated heterocycles. The van der Waals surface area contributed by atoms with Gasteiger partial charge >= 0.3 is 0 Å². The van der Waals surface area contributed by atoms with Gasteiger partial charge < -0.3 is 0 Å². The van der Waals surface area contributed by atoms with Gasteiger partial charge in [0, 0.05) is 0 Å². The zero-order chi connectivity index (χ0) is 9.40. The van der Waals surface area contributed by atoms with Crippen molar-refractivity contribution in [1.82, 2.24) is 0 Å². The lowest BCUT2D eigenvalue weighted by molar-refractivity contribution is -0.107. The van der Waals surface area contributed by atoms with Gasteiger partial charge in [-0.25, -0.2) is 0 Å². The van der Waals surface area contributed by atoms with E-state index in [-0.39, 0.29) is 5.24 Å². The van der Waals surface area contributed by atoms with Crippen molar-refractivity contribution in [3.63, 3.8) is 0 Å². The van der Waals surface area contributed by atoms with Gasteiger partial charge in [0.1, 0.15) is 0 Å². The predicted molar refractivity (Wildman–Crippen MR) is 53.4 cm³/mol. The first-order chi connectivity index (χ1) is 5.70. The SMILES string of the molecule is CCCC/C(=C/C(=O)Cl)CCC. The number of unbranched alkanes of at least 4 members (excludes halogenated alkanes) is 1. The fourth-order valence-electron chi connectivity index (χ4n) is 1.15. The molecule has 0 rings (SSSR count). The number of hydrogen-bond acceptors (Lipinski definition) is 1. The largest absolute Gasteiger partial charge is 0.276 e. The number of halogens is 1. The lowest BCUT2D eigenvalue weighted by Crippen LogP contribution is -1.88. The molecular weight excluding hydrogens is 172 g/mol. The summed E-state index contributed by atoms with van der Waals surface area (Å²) in [5.41, 5.74) is 1.19. The van der Waals surface area contributed by atoms with Crippen LogP contribution in [0, 0.1) is 0 Å². The van der Waals surface area contributed by atoms with Crippen molar-refractivity contribution in [2.24, 2.45) is 0 Å². The summed E-state index contributed by atoms with van der Waals surface area (Å²) in [7, 11) is 0. The normalized spacial score (nSPS) is 11.8. The van der Waals surface area contributed by atoms with E-state index in [2.05, 4.69) is 13.8 Å². The Balaban J connectivity index is 3.93. The number of hydrogen-bond donors (Lipinski definition) is 0. The van der Waals surface area contributed by atoms with Crippen LogP contribution in [0.4, 0.5) is 0 Å². The highest BCUT2D eigenvalue weighted by molar-refractivity contribution is 6.66. The van der Waals surface area contributed by atoms with E-state index < -0.39 is 0 Å². The molecule has 2 heteroatoms. The van der Waals surface area contributed by atoms with Crippen LogP contribution in [-0.2, 0) is 4.79 Å². The number of rotatable bonds is 6. The van der Waals surface area contributed by atoms with Gasteiger partial charge in [-0.05, 0) is 36.9 Å². The minimum atomic E-state index is -0.338. The highest BCUT2D eigenvalue weighted by atomic mass is 35.5. The minimum absolute atomic E-state index is 0.338. The quantitative estimate of drug-likeness (QED) is 0.459. The van der Waals surface area contributed by atoms with E-state index >= 15 is 0 Å². The van der Waals surface area contributed by atoms with Crippen LogP contribution in [0.1, 0.15) is 46.0 Å². The highest BCUT2D eigenvalue weighted by Crippen LogP contribution is 2.13. The summed E-state index contributed by atoms with van der Waals surface area (Å²) in [5, 5.41) is -0.338. The molecule has 0 heterocycles. The summed E-state index contributed by atoms with van der Waals surface area (Å²) in [4.78, 5) is 10.6. The summed E-state index contributed by atoms with van der Waals surface area (Å²) in [5.74, 6) is 0. The van der Waals surface area contributed by atoms with E-state index in [9.17, 15) is 4.79 Å². The first-order valence-electron chi connectivity index (χ1n) is 4.59. The summed E-state index contributed by atoms with van der Waals surface area (Å²) in [6.45, 7) is 4.25. The van der Waals surface area contributed by atoms with Crippen LogP contribution < -0.4 is 0 Å². The average molecular weight is 189 g/mol. The smallest absolute Gasteiger partial charge is 0.245 e. The van der Waals surface area contributed by atoms with Gasteiger partial charge in [-0.1, -0.05) is 32.3 Å². The second-order valence-corrected chi connectivity index (χ2v) is 3.33. The molecular formula is C10H17ClO. The molecule has 0 atom stereocenters. The van der Waals surface area contributed by atoms with Gasteiger partial charge in [0.2, 0.25) is 5.24 Å². The standard InChI is InChI=1S/C10H17ClO/c1-3-5-7-9(6-4-2)8-10(11)12/h8H,3-7H2,1-2H3/b9-8+. The Hall–Kier alpha value is -0.300. The molecule has 12 heavy (non-hydrogen) atoms. The second-order valence-electron chi connectivity index (χ2n) is 2.96. The maximum absolute atomic E-state index is 10.6. The fraction of sp³-hybridized carbons (Fsp3) is 0.700. The number of carbonyl (C=O) groups excluding carboxylic acids is 1. The molecule has 0 spiro atoms. The molecule has 0 aliphatic carbocycles. The Kier molecular flexibility index (Phi) is 7.17. The predicted octanol–water partition coefficient (Wildman–Crippen LogP) is 3.67. The molecule has 0 unspecified atom stereocenters. The monoisotopic (exact) mass is 188 g/mol. The fourth-order valence-corrected chi connectivity index (χ4v) is 1.31. The van der Waals surface area contributed by atoms with Gasteiger partial charge in [-0.3, -0.25) is 4.79 Å². The van der Waals surface area contributed by atoms with Crippen molar-refractivity contribution in [3.05, 3.63) is 11.6 Å². The molecule has 0 N–H and O–H groups in total. The molecule has 0 aromatic heterocycles. The molecule has 70 valence electrons. The molecule has 0 fully saturated rings. The molecule has 0 amide bonds. The van der Waals surface area contributed by atoms with Crippen molar-refractivity contribution in [2.45, 2.75) is 46.0 Å². The Morgan fingerprint density at radius 1 is 1.25 bits per heavy atom. The van der Waals surface area contributed by atoms with Gasteiger partial charge in [0.05, 0.1) is 0 Å². The second kappa shape index (κ2) is 7.35. The molecule has 0 radical (unpaired) electrons. The van der Waals surface area contributed by atoms with Crippen LogP contribution >= 0.6 is 11.6 Å². The molecule has 0 bridgehead atoms. The molecule has 0 aromatic rings. The maximum Gasteiger partial charge on any atom is 0.245 e. The summed E-state index contributed by atoms with van der Waals surface area (Å²) in [6.07, 6.45) is 6.98. The van der Waals surface area contributed by atoms with Crippen LogP contribution in [0.2, 0.25) is 0 Å². The van der Waals surface area contributed by atoms with Gasteiger partial charge in [-0.15, -0.1) is 0 Å². The van der Waals surface area contributed by atoms with E-state index in [1.165, 1.54) is 5.57 Å². The molecule has 0 aliphatic rings. The van der Waals surface area contributed by atoms with E-state index in [0.29, 0.717) is 0 Å². The highest BCUT2D eigenvalue weighted by Gasteiger charge is 1.98. The van der Waals surface area contributed by atoms with Crippen LogP contribution in [0.25, 0.3) is 0 Å². The van der Waals surface area contributed by atoms with E-state index in [0.717, 1.165) is 32.1 Å². The first-order valence-corrected chi connectivity index (χ1v) is 4.97. The molecule has 0 aromatic carbocycles. The Morgan fingerprint density at radius 3 is 2.33 bits per heavy atom. The van der Waals surface area contributed by atoms with Gasteiger partial charge in [0.25, 0.3) is 0 Å². The maximum atomic E-state index is 10.6. The van der Waals surface area contributed by atoms with Crippen LogP contribution in [0.3, 0.4) is 0 Å². The number of allylic oxidation sites excluding steroid dienone is 2. The third-order valence-corrected chi connectivity index (χ3v) is 1.85. The molecule has 1 nitrogen and oxygen atoms in total. The summed E-state index contributed by atoms with van der Waals surface area (Å²) < 4.78 is 0. The summed E-state index contributed by atoms with van der Waals surface area (Å²) >= 11 is 5.27.